The number of rotatable bonds is 7. The highest BCUT2D eigenvalue weighted by atomic mass is 16.5. The Hall–Kier alpha value is -4.20. The Labute approximate surface area is 199 Å². The lowest BCUT2D eigenvalue weighted by Crippen LogP contribution is -2.33. The Morgan fingerprint density at radius 3 is 2.21 bits per heavy atom. The van der Waals surface area contributed by atoms with Gasteiger partial charge >= 0.3 is 0 Å². The average Bonchev–Trinajstić information content (AvgIpc) is 2.88. The molecule has 0 aromatic heterocycles. The number of nitrogens with two attached hydrogens (primary N) is 2. The van der Waals surface area contributed by atoms with Crippen LogP contribution in [0.1, 0.15) is 30.5 Å². The van der Waals surface area contributed by atoms with Crippen molar-refractivity contribution in [3.05, 3.63) is 113 Å². The molecule has 0 bridgehead atoms. The molecule has 0 spiro atoms. The fourth-order valence-corrected chi connectivity index (χ4v) is 3.68. The zero-order valence-electron chi connectivity index (χ0n) is 19.3. The third-order valence-electron chi connectivity index (χ3n) is 5.61. The van der Waals surface area contributed by atoms with Crippen molar-refractivity contribution >= 4 is 23.2 Å². The molecule has 3 aromatic carbocycles. The lowest BCUT2D eigenvalue weighted by molar-refractivity contribution is 0.306. The molecule has 0 fully saturated rings. The molecule has 5 N–H and O–H groups in total. The topological polar surface area (TPSA) is 101 Å². The smallest absolute Gasteiger partial charge is 0.152 e. The number of hydrazone groups is 1. The van der Waals surface area contributed by atoms with Crippen LogP contribution in [0, 0.1) is 0 Å². The summed E-state index contributed by atoms with van der Waals surface area (Å²) in [6.45, 7) is 4.27. The number of ether oxygens (including phenoxy) is 1. The summed E-state index contributed by atoms with van der Waals surface area (Å²) in [4.78, 5) is 4.65. The summed E-state index contributed by atoms with van der Waals surface area (Å²) < 4.78 is 5.96. The van der Waals surface area contributed by atoms with Crippen LogP contribution < -0.4 is 22.0 Å². The van der Waals surface area contributed by atoms with Crippen LogP contribution >= 0.6 is 0 Å². The molecule has 0 amide bonds. The molecule has 1 aliphatic rings. The minimum absolute atomic E-state index is 0.508. The summed E-state index contributed by atoms with van der Waals surface area (Å²) >= 11 is 0. The van der Waals surface area contributed by atoms with Gasteiger partial charge in [-0.05, 0) is 49.2 Å². The molecule has 7 heteroatoms. The van der Waals surface area contributed by atoms with E-state index in [2.05, 4.69) is 15.6 Å². The molecular formula is C27H28N6O. The fourth-order valence-electron chi connectivity index (χ4n) is 3.68. The van der Waals surface area contributed by atoms with Crippen LogP contribution in [0.4, 0.5) is 0 Å². The predicted octanol–water partition coefficient (Wildman–Crippen LogP) is 4.46. The Kier molecular flexibility index (Phi) is 7.17. The van der Waals surface area contributed by atoms with Crippen LogP contribution in [0.2, 0.25) is 0 Å². The van der Waals surface area contributed by atoms with E-state index in [9.17, 15) is 0 Å². The van der Waals surface area contributed by atoms with Crippen molar-refractivity contribution in [3.8, 4) is 5.75 Å². The molecule has 0 unspecified atom stereocenters. The molecule has 1 aliphatic heterocycles. The SMILES string of the molecule is CC(=N\NN)/C(C)=C1\N=CC(c2ccccc2)=C(c2ccc(OCc3ccccc3)cc2)N1N. The van der Waals surface area contributed by atoms with Crippen LogP contribution in [0.5, 0.6) is 5.75 Å². The van der Waals surface area contributed by atoms with Crippen molar-refractivity contribution in [2.24, 2.45) is 21.8 Å². The van der Waals surface area contributed by atoms with Crippen molar-refractivity contribution < 1.29 is 4.74 Å². The second-order valence-corrected chi connectivity index (χ2v) is 7.83. The Morgan fingerprint density at radius 2 is 1.56 bits per heavy atom. The van der Waals surface area contributed by atoms with Crippen molar-refractivity contribution in [1.82, 2.24) is 10.5 Å². The maximum Gasteiger partial charge on any atom is 0.152 e. The van der Waals surface area contributed by atoms with Gasteiger partial charge in [-0.2, -0.15) is 5.10 Å². The summed E-state index contributed by atoms with van der Waals surface area (Å²) in [7, 11) is 0. The Balaban J connectivity index is 1.70. The Morgan fingerprint density at radius 1 is 0.912 bits per heavy atom. The quantitative estimate of drug-likeness (QED) is 0.279. The van der Waals surface area contributed by atoms with E-state index < -0.39 is 0 Å². The molecule has 3 aromatic rings. The minimum Gasteiger partial charge on any atom is -0.489 e. The maximum absolute atomic E-state index is 6.66. The summed E-state index contributed by atoms with van der Waals surface area (Å²) in [6.07, 6.45) is 1.84. The average molecular weight is 453 g/mol. The number of hydrogen-bond acceptors (Lipinski definition) is 7. The molecule has 0 atom stereocenters. The van der Waals surface area contributed by atoms with Crippen molar-refractivity contribution in [3.63, 3.8) is 0 Å². The van der Waals surface area contributed by atoms with Gasteiger partial charge in [-0.1, -0.05) is 60.7 Å². The van der Waals surface area contributed by atoms with Gasteiger partial charge in [0.1, 0.15) is 12.4 Å². The van der Waals surface area contributed by atoms with E-state index >= 15 is 0 Å². The highest BCUT2D eigenvalue weighted by Crippen LogP contribution is 2.34. The first kappa shape index (κ1) is 23.0. The third-order valence-corrected chi connectivity index (χ3v) is 5.61. The minimum atomic E-state index is 0.508. The number of hydrogen-bond donors (Lipinski definition) is 3. The van der Waals surface area contributed by atoms with Gasteiger partial charge in [0.25, 0.3) is 0 Å². The van der Waals surface area contributed by atoms with Gasteiger partial charge in [-0.15, -0.1) is 0 Å². The summed E-state index contributed by atoms with van der Waals surface area (Å²) in [6, 6.07) is 28.1. The molecule has 0 aliphatic carbocycles. The van der Waals surface area contributed by atoms with Crippen LogP contribution in [0.25, 0.3) is 11.3 Å². The van der Waals surface area contributed by atoms with Gasteiger partial charge in [0.15, 0.2) is 5.82 Å². The lowest BCUT2D eigenvalue weighted by Gasteiger charge is -2.29. The number of benzene rings is 3. The largest absolute Gasteiger partial charge is 0.489 e. The molecule has 7 nitrogen and oxygen atoms in total. The van der Waals surface area contributed by atoms with Crippen molar-refractivity contribution in [2.75, 3.05) is 0 Å². The molecule has 172 valence electrons. The first-order valence-corrected chi connectivity index (χ1v) is 11.0. The van der Waals surface area contributed by atoms with E-state index in [1.54, 1.807) is 5.01 Å². The van der Waals surface area contributed by atoms with Gasteiger partial charge in [0.05, 0.1) is 11.4 Å². The van der Waals surface area contributed by atoms with E-state index in [-0.39, 0.29) is 0 Å². The van der Waals surface area contributed by atoms with Crippen LogP contribution in [-0.4, -0.2) is 16.9 Å². The molecule has 4 rings (SSSR count). The molecule has 1 heterocycles. The summed E-state index contributed by atoms with van der Waals surface area (Å²) in [5, 5.41) is 5.67. The second kappa shape index (κ2) is 10.6. The van der Waals surface area contributed by atoms with Gasteiger partial charge in [-0.25, -0.2) is 22.2 Å². The first-order valence-electron chi connectivity index (χ1n) is 11.0. The van der Waals surface area contributed by atoms with Gasteiger partial charge in [0, 0.05) is 22.9 Å². The Bertz CT molecular complexity index is 1250. The van der Waals surface area contributed by atoms with E-state index in [0.717, 1.165) is 39.3 Å². The lowest BCUT2D eigenvalue weighted by atomic mass is 9.98. The molecule has 0 radical (unpaired) electrons. The fraction of sp³-hybridized carbons (Fsp3) is 0.111. The van der Waals surface area contributed by atoms with Gasteiger partial charge in [-0.3, -0.25) is 5.01 Å². The standard InChI is InChI=1S/C27H28N6O/c1-19(20(2)31-32-28)27-30-17-25(22-11-7-4-8-12-22)26(33(27)29)23-13-15-24(16-14-23)34-18-21-9-5-3-6-10-21/h3-17,32H,18,28-29H2,1-2H3/b27-19+,31-20+. The zero-order chi connectivity index (χ0) is 23.9. The summed E-state index contributed by atoms with van der Waals surface area (Å²) in [5.74, 6) is 13.4. The molecule has 0 saturated carbocycles. The monoisotopic (exact) mass is 452 g/mol. The number of nitrogens with zero attached hydrogens (tertiary/aromatic N) is 3. The third kappa shape index (κ3) is 5.06. The van der Waals surface area contributed by atoms with Crippen molar-refractivity contribution in [2.45, 2.75) is 20.5 Å². The van der Waals surface area contributed by atoms with Crippen molar-refractivity contribution in [1.29, 1.82) is 0 Å². The zero-order valence-corrected chi connectivity index (χ0v) is 19.3. The number of aliphatic imine (C=N–C) groups is 1. The van der Waals surface area contributed by atoms with Crippen LogP contribution in [0.3, 0.4) is 0 Å². The normalized spacial score (nSPS) is 15.4. The van der Waals surface area contributed by atoms with E-state index in [1.165, 1.54) is 0 Å². The molecule has 34 heavy (non-hydrogen) atoms. The highest BCUT2D eigenvalue weighted by Gasteiger charge is 2.24. The van der Waals surface area contributed by atoms with Crippen LogP contribution in [-0.2, 0) is 6.61 Å². The second-order valence-electron chi connectivity index (χ2n) is 7.83. The maximum atomic E-state index is 6.66. The molecular weight excluding hydrogens is 424 g/mol. The summed E-state index contributed by atoms with van der Waals surface area (Å²) in [5.41, 5.74) is 8.66. The number of allylic oxidation sites excluding steroid dienone is 2. The first-order chi connectivity index (χ1) is 16.6. The van der Waals surface area contributed by atoms with Crippen LogP contribution in [0.15, 0.2) is 106 Å². The van der Waals surface area contributed by atoms with Gasteiger partial charge in [0.2, 0.25) is 0 Å². The number of hydrazine groups is 2. The molecule has 0 saturated heterocycles. The predicted molar refractivity (Wildman–Crippen MR) is 138 cm³/mol. The van der Waals surface area contributed by atoms with E-state index in [1.807, 2.05) is 105 Å². The van der Waals surface area contributed by atoms with Gasteiger partial charge < -0.3 is 4.74 Å². The van der Waals surface area contributed by atoms with E-state index in [0.29, 0.717) is 18.1 Å². The highest BCUT2D eigenvalue weighted by molar-refractivity contribution is 6.20. The number of nitrogens with one attached hydrogen (secondary N) is 1. The van der Waals surface area contributed by atoms with E-state index in [4.69, 9.17) is 16.4 Å².